The van der Waals surface area contributed by atoms with Gasteiger partial charge in [-0.25, -0.2) is 0 Å². The van der Waals surface area contributed by atoms with E-state index in [2.05, 4.69) is 34.9 Å². The van der Waals surface area contributed by atoms with E-state index in [1.165, 1.54) is 16.0 Å². The number of carbonyl (C=O) groups excluding carboxylic acids is 2. The Kier molecular flexibility index (Phi) is 6.48. The zero-order valence-electron chi connectivity index (χ0n) is 17.7. The Balaban J connectivity index is 1.42. The number of para-hydroxylation sites is 1. The number of benzene rings is 2. The summed E-state index contributed by atoms with van der Waals surface area (Å²) in [5, 5.41) is 5.55. The van der Waals surface area contributed by atoms with Gasteiger partial charge in [-0.1, -0.05) is 49.4 Å². The number of anilines is 1. The first-order valence-corrected chi connectivity index (χ1v) is 10.8. The fourth-order valence-electron chi connectivity index (χ4n) is 4.24. The SMILES string of the molecule is CCc1ccccc1NC(=O)C(=O)NC[C@@H](c1ccco1)[NH+]1CCc2ccccc2C1. The molecule has 0 spiro atoms. The third-order valence-corrected chi connectivity index (χ3v) is 5.95. The van der Waals surface area contributed by atoms with Crippen LogP contribution in [0.4, 0.5) is 5.69 Å². The van der Waals surface area contributed by atoms with Crippen molar-refractivity contribution in [2.75, 3.05) is 18.4 Å². The van der Waals surface area contributed by atoms with Crippen LogP contribution in [0.1, 0.15) is 35.4 Å². The van der Waals surface area contributed by atoms with Gasteiger partial charge in [-0.2, -0.15) is 0 Å². The maximum atomic E-state index is 12.5. The first kappa shape index (κ1) is 20.9. The molecule has 1 aliphatic heterocycles. The van der Waals surface area contributed by atoms with Crippen LogP contribution in [0.15, 0.2) is 71.3 Å². The molecule has 0 aliphatic carbocycles. The van der Waals surface area contributed by atoms with E-state index in [0.717, 1.165) is 37.3 Å². The second-order valence-electron chi connectivity index (χ2n) is 7.85. The van der Waals surface area contributed by atoms with Gasteiger partial charge in [0.1, 0.15) is 6.54 Å². The molecule has 4 rings (SSSR count). The van der Waals surface area contributed by atoms with Crippen LogP contribution in [-0.2, 0) is 29.0 Å². The van der Waals surface area contributed by atoms with Crippen molar-refractivity contribution in [3.63, 3.8) is 0 Å². The molecule has 0 saturated carbocycles. The number of fused-ring (bicyclic) bond motifs is 1. The molecule has 0 fully saturated rings. The van der Waals surface area contributed by atoms with Gasteiger partial charge < -0.3 is 20.0 Å². The van der Waals surface area contributed by atoms with E-state index < -0.39 is 11.8 Å². The van der Waals surface area contributed by atoms with E-state index in [9.17, 15) is 9.59 Å². The molecule has 2 atom stereocenters. The lowest BCUT2D eigenvalue weighted by atomic mass is 9.98. The minimum atomic E-state index is -0.655. The van der Waals surface area contributed by atoms with Crippen molar-refractivity contribution in [2.24, 2.45) is 0 Å². The molecule has 6 heteroatoms. The van der Waals surface area contributed by atoms with Gasteiger partial charge in [0.15, 0.2) is 11.8 Å². The highest BCUT2D eigenvalue weighted by atomic mass is 16.3. The first-order valence-electron chi connectivity index (χ1n) is 10.8. The van der Waals surface area contributed by atoms with Crippen molar-refractivity contribution < 1.29 is 18.9 Å². The second kappa shape index (κ2) is 9.62. The average Bonchev–Trinajstić information content (AvgIpc) is 3.34. The molecule has 1 aromatic heterocycles. The average molecular weight is 419 g/mol. The number of aryl methyl sites for hydroxylation is 1. The van der Waals surface area contributed by atoms with Gasteiger partial charge in [-0.3, -0.25) is 9.59 Å². The van der Waals surface area contributed by atoms with Crippen LogP contribution in [-0.4, -0.2) is 24.9 Å². The normalized spacial score (nSPS) is 16.2. The number of hydrogen-bond acceptors (Lipinski definition) is 3. The summed E-state index contributed by atoms with van der Waals surface area (Å²) in [6.07, 6.45) is 3.40. The zero-order chi connectivity index (χ0) is 21.6. The van der Waals surface area contributed by atoms with Crippen LogP contribution in [0.2, 0.25) is 0 Å². The highest BCUT2D eigenvalue weighted by Gasteiger charge is 2.31. The molecule has 2 heterocycles. The molecule has 0 radical (unpaired) electrons. The fourth-order valence-corrected chi connectivity index (χ4v) is 4.24. The minimum Gasteiger partial charge on any atom is -0.463 e. The maximum absolute atomic E-state index is 12.5. The van der Waals surface area contributed by atoms with Crippen molar-refractivity contribution >= 4 is 17.5 Å². The Morgan fingerprint density at radius 1 is 1.00 bits per heavy atom. The molecule has 1 unspecified atom stereocenters. The lowest BCUT2D eigenvalue weighted by Crippen LogP contribution is -3.12. The molecule has 0 bridgehead atoms. The van der Waals surface area contributed by atoms with Crippen molar-refractivity contribution in [3.05, 3.63) is 89.4 Å². The summed E-state index contributed by atoms with van der Waals surface area (Å²) in [6.45, 7) is 4.13. The highest BCUT2D eigenvalue weighted by molar-refractivity contribution is 6.39. The summed E-state index contributed by atoms with van der Waals surface area (Å²) >= 11 is 0. The largest absolute Gasteiger partial charge is 0.463 e. The fraction of sp³-hybridized carbons (Fsp3) is 0.280. The first-order chi connectivity index (χ1) is 15.2. The van der Waals surface area contributed by atoms with Gasteiger partial charge in [0.05, 0.1) is 19.4 Å². The molecule has 3 N–H and O–H groups in total. The van der Waals surface area contributed by atoms with E-state index in [1.807, 2.05) is 43.3 Å². The zero-order valence-corrected chi connectivity index (χ0v) is 17.7. The van der Waals surface area contributed by atoms with Crippen LogP contribution in [0.25, 0.3) is 0 Å². The van der Waals surface area contributed by atoms with E-state index in [4.69, 9.17) is 4.42 Å². The number of rotatable bonds is 6. The second-order valence-corrected chi connectivity index (χ2v) is 7.85. The predicted octanol–water partition coefficient (Wildman–Crippen LogP) is 2.28. The number of amides is 2. The Labute approximate surface area is 182 Å². The van der Waals surface area contributed by atoms with Gasteiger partial charge in [0, 0.05) is 17.7 Å². The van der Waals surface area contributed by atoms with Crippen LogP contribution in [0.5, 0.6) is 0 Å². The molecule has 160 valence electrons. The highest BCUT2D eigenvalue weighted by Crippen LogP contribution is 2.17. The quantitative estimate of drug-likeness (QED) is 0.538. The summed E-state index contributed by atoms with van der Waals surface area (Å²) < 4.78 is 5.68. The van der Waals surface area contributed by atoms with Gasteiger partial charge >= 0.3 is 11.8 Å². The molecular formula is C25H28N3O3+. The van der Waals surface area contributed by atoms with E-state index in [0.29, 0.717) is 12.2 Å². The van der Waals surface area contributed by atoms with E-state index in [-0.39, 0.29) is 6.04 Å². The summed E-state index contributed by atoms with van der Waals surface area (Å²) in [4.78, 5) is 26.3. The van der Waals surface area contributed by atoms with Gasteiger partial charge in [0.25, 0.3) is 0 Å². The van der Waals surface area contributed by atoms with Crippen LogP contribution in [0, 0.1) is 0 Å². The summed E-state index contributed by atoms with van der Waals surface area (Å²) in [7, 11) is 0. The van der Waals surface area contributed by atoms with Crippen LogP contribution < -0.4 is 15.5 Å². The number of nitrogens with one attached hydrogen (secondary N) is 3. The summed E-state index contributed by atoms with van der Waals surface area (Å²) in [5.41, 5.74) is 4.36. The van der Waals surface area contributed by atoms with Gasteiger partial charge in [-0.05, 0) is 35.7 Å². The molecular weight excluding hydrogens is 390 g/mol. The molecule has 2 amide bonds. The Hall–Kier alpha value is -3.38. The Morgan fingerprint density at radius 3 is 2.55 bits per heavy atom. The third kappa shape index (κ3) is 4.86. The van der Waals surface area contributed by atoms with Crippen molar-refractivity contribution in [1.82, 2.24) is 5.32 Å². The van der Waals surface area contributed by atoms with Crippen LogP contribution in [0.3, 0.4) is 0 Å². The summed E-state index contributed by atoms with van der Waals surface area (Å²) in [5.74, 6) is -0.483. The topological polar surface area (TPSA) is 75.8 Å². The number of hydrogen-bond donors (Lipinski definition) is 3. The molecule has 3 aromatic rings. The lowest BCUT2D eigenvalue weighted by molar-refractivity contribution is -0.946. The van der Waals surface area contributed by atoms with Crippen molar-refractivity contribution in [3.8, 4) is 0 Å². The van der Waals surface area contributed by atoms with Crippen LogP contribution >= 0.6 is 0 Å². The van der Waals surface area contributed by atoms with E-state index >= 15 is 0 Å². The van der Waals surface area contributed by atoms with Crippen molar-refractivity contribution in [1.29, 1.82) is 0 Å². The minimum absolute atomic E-state index is 0.0666. The Bertz CT molecular complexity index is 1050. The third-order valence-electron chi connectivity index (χ3n) is 5.95. The standard InChI is InChI=1S/C25H27N3O3/c1-2-18-8-5-6-11-21(18)27-25(30)24(29)26-16-22(23-12-7-15-31-23)28-14-13-19-9-3-4-10-20(19)17-28/h3-12,15,22H,2,13-14,16-17H2,1H3,(H,26,29)(H,27,30)/p+1/t22-/m0/s1. The smallest absolute Gasteiger partial charge is 0.313 e. The molecule has 1 aliphatic rings. The van der Waals surface area contributed by atoms with Gasteiger partial charge in [0.2, 0.25) is 0 Å². The Morgan fingerprint density at radius 2 is 1.77 bits per heavy atom. The number of furan rings is 1. The monoisotopic (exact) mass is 418 g/mol. The molecule has 0 saturated heterocycles. The summed E-state index contributed by atoms with van der Waals surface area (Å²) in [6, 6.07) is 19.7. The maximum Gasteiger partial charge on any atom is 0.313 e. The number of quaternary nitrogens is 1. The predicted molar refractivity (Wildman–Crippen MR) is 119 cm³/mol. The van der Waals surface area contributed by atoms with Crippen molar-refractivity contribution in [2.45, 2.75) is 32.4 Å². The van der Waals surface area contributed by atoms with E-state index in [1.54, 1.807) is 6.26 Å². The van der Waals surface area contributed by atoms with Gasteiger partial charge in [-0.15, -0.1) is 0 Å². The lowest BCUT2D eigenvalue weighted by Gasteiger charge is -2.31. The molecule has 31 heavy (non-hydrogen) atoms. The number of carbonyl (C=O) groups is 2. The molecule has 2 aromatic carbocycles. The molecule has 6 nitrogen and oxygen atoms in total.